The van der Waals surface area contributed by atoms with E-state index in [1.807, 2.05) is 0 Å². The third-order valence-electron chi connectivity index (χ3n) is 25.0. The number of nitrogens with one attached hydrogen (secondary N) is 2. The number of rotatable bonds is 89. The molecule has 2 aliphatic rings. The molecule has 0 radical (unpaired) electrons. The van der Waals surface area contributed by atoms with Gasteiger partial charge in [0.2, 0.25) is 11.8 Å². The van der Waals surface area contributed by atoms with Gasteiger partial charge in [-0.05, 0) is 38.5 Å². The van der Waals surface area contributed by atoms with E-state index in [9.17, 15) is 63.2 Å². The first kappa shape index (κ1) is 117. The van der Waals surface area contributed by atoms with E-state index in [4.69, 9.17) is 37.5 Å². The lowest BCUT2D eigenvalue weighted by atomic mass is 9.95. The summed E-state index contributed by atoms with van der Waals surface area (Å²) in [5.74, 6) is -3.86. The van der Waals surface area contributed by atoms with Crippen LogP contribution in [0.3, 0.4) is 0 Å². The van der Waals surface area contributed by atoms with Gasteiger partial charge in [0.25, 0.3) is 15.6 Å². The van der Waals surface area contributed by atoms with E-state index in [1.165, 1.54) is 231 Å². The maximum Gasteiger partial charge on any atom is 0.306 e. The molecular formula is C98H186N2O22P2-2. The Labute approximate surface area is 754 Å². The Balaban J connectivity index is 2.58. The number of esters is 3. The molecule has 732 valence electrons. The Hall–Kier alpha value is -2.67. The highest BCUT2D eigenvalue weighted by Gasteiger charge is 2.54. The fourth-order valence-electron chi connectivity index (χ4n) is 17.4. The number of phosphoric ester groups is 2. The van der Waals surface area contributed by atoms with Gasteiger partial charge >= 0.3 is 17.9 Å². The largest absolute Gasteiger partial charge is 0.756 e. The maximum absolute atomic E-state index is 15.0. The predicted molar refractivity (Wildman–Crippen MR) is 492 cm³/mol. The molecule has 0 saturated carbocycles. The summed E-state index contributed by atoms with van der Waals surface area (Å²) in [5.41, 5.74) is 0. The molecule has 24 nitrogen and oxygen atoms in total. The lowest BCUT2D eigenvalue weighted by Gasteiger charge is -2.47. The Morgan fingerprint density at radius 1 is 0.347 bits per heavy atom. The zero-order valence-corrected chi connectivity index (χ0v) is 81.0. The lowest BCUT2D eigenvalue weighted by Crippen LogP contribution is -2.68. The Kier molecular flexibility index (Phi) is 75.8. The summed E-state index contributed by atoms with van der Waals surface area (Å²) in [4.78, 5) is 118. The van der Waals surface area contributed by atoms with Crippen LogP contribution < -0.4 is 20.4 Å². The molecule has 2 fully saturated rings. The number of hydrogen-bond acceptors (Lipinski definition) is 20. The molecule has 0 aliphatic carbocycles. The first-order chi connectivity index (χ1) is 60.1. The molecule has 0 aromatic carbocycles. The maximum atomic E-state index is 15.0. The number of carbonyl (C=O) groups is 5. The van der Waals surface area contributed by atoms with Crippen molar-refractivity contribution < 1.29 is 105 Å². The van der Waals surface area contributed by atoms with E-state index in [0.29, 0.717) is 51.4 Å². The highest BCUT2D eigenvalue weighted by Crippen LogP contribution is 2.41. The fraction of sp³-hybridized carbons (Fsp3) is 0.949. The summed E-state index contributed by atoms with van der Waals surface area (Å²) in [5, 5.41) is 40.1. The van der Waals surface area contributed by atoms with E-state index < -0.39 is 145 Å². The number of unbranched alkanes of at least 4 members (excludes halogenated alkanes) is 62. The molecule has 2 heterocycles. The van der Waals surface area contributed by atoms with Gasteiger partial charge in [0.15, 0.2) is 24.8 Å². The van der Waals surface area contributed by atoms with Crippen LogP contribution in [0.2, 0.25) is 0 Å². The van der Waals surface area contributed by atoms with Gasteiger partial charge in [-0.1, -0.05) is 439 Å². The highest BCUT2D eigenvalue weighted by molar-refractivity contribution is 7.45. The van der Waals surface area contributed by atoms with Gasteiger partial charge in [0.1, 0.15) is 42.6 Å². The van der Waals surface area contributed by atoms with Crippen LogP contribution in [-0.4, -0.2) is 142 Å². The third kappa shape index (κ3) is 65.8. The minimum Gasteiger partial charge on any atom is -0.756 e. The molecule has 0 spiro atoms. The van der Waals surface area contributed by atoms with Crippen LogP contribution in [0.4, 0.5) is 0 Å². The van der Waals surface area contributed by atoms with Crippen LogP contribution in [0, 0.1) is 0 Å². The van der Waals surface area contributed by atoms with Crippen LogP contribution in [0.1, 0.15) is 510 Å². The van der Waals surface area contributed by atoms with Crippen molar-refractivity contribution in [3.8, 4) is 0 Å². The minimum absolute atomic E-state index is 0.123. The van der Waals surface area contributed by atoms with Gasteiger partial charge in [0, 0.05) is 19.3 Å². The number of aliphatic hydroxyl groups excluding tert-OH is 3. The topological polar surface area (TPSA) is 365 Å². The van der Waals surface area contributed by atoms with Gasteiger partial charge < -0.3 is 78.5 Å². The molecule has 2 aliphatic heterocycles. The second kappa shape index (κ2) is 80.0. The van der Waals surface area contributed by atoms with Crippen molar-refractivity contribution in [2.75, 3.05) is 13.2 Å². The van der Waals surface area contributed by atoms with Crippen LogP contribution in [0.5, 0.6) is 0 Å². The average molecular weight is 1810 g/mol. The van der Waals surface area contributed by atoms with Crippen molar-refractivity contribution in [1.82, 2.24) is 10.6 Å². The minimum atomic E-state index is -5.85. The molecule has 2 saturated heterocycles. The number of aliphatic hydroxyl groups is 3. The summed E-state index contributed by atoms with van der Waals surface area (Å²) < 4.78 is 73.2. The molecule has 0 bridgehead atoms. The SMILES string of the molecule is CCCCCCCCCCCCCCCCCC(=O)O[C@H](CCCCCCCCCCCCCCCCC)CC(=O)N[C@H]1[C@H](OC[C@H]2O[C@H](OP(=O)([O-])O)[C@H](NC(=O)C[C@H](O)CCCCCCCCCCCCCCCCC)[C@@H](OC(=O)CCCCCCCCCCCCC)[C@@H]2O)O[C@H](CO)[C@@H](OP(=O)([O-])O)[C@@H]1OC(=O)CCCCCCCCCCCCC. The van der Waals surface area contributed by atoms with E-state index >= 15 is 4.79 Å². The number of phosphoric acid groups is 2. The summed E-state index contributed by atoms with van der Waals surface area (Å²) in [7, 11) is -11.7. The fourth-order valence-corrected chi connectivity index (χ4v) is 18.4. The smallest absolute Gasteiger partial charge is 0.306 e. The molecule has 0 aromatic heterocycles. The summed E-state index contributed by atoms with van der Waals surface area (Å²) >= 11 is 0. The molecule has 2 unspecified atom stereocenters. The summed E-state index contributed by atoms with van der Waals surface area (Å²) in [6, 6.07) is -3.66. The Bertz CT molecular complexity index is 2620. The van der Waals surface area contributed by atoms with Crippen LogP contribution >= 0.6 is 15.6 Å². The number of carbonyl (C=O) groups excluding carboxylic acids is 5. The lowest BCUT2D eigenvalue weighted by molar-refractivity contribution is -0.308. The number of amides is 2. The van der Waals surface area contributed by atoms with Crippen molar-refractivity contribution in [3.05, 3.63) is 0 Å². The van der Waals surface area contributed by atoms with Crippen molar-refractivity contribution in [2.24, 2.45) is 0 Å². The summed E-state index contributed by atoms with van der Waals surface area (Å²) in [6.45, 7) is 9.09. The van der Waals surface area contributed by atoms with Gasteiger partial charge in [0.05, 0.1) is 32.2 Å². The first-order valence-electron chi connectivity index (χ1n) is 51.6. The quantitative estimate of drug-likeness (QED) is 0.0129. The van der Waals surface area contributed by atoms with Crippen molar-refractivity contribution in [2.45, 2.75) is 583 Å². The van der Waals surface area contributed by atoms with Gasteiger partial charge in [-0.3, -0.25) is 37.6 Å². The standard InChI is InChI=1S/C98H188N2O22P2/c1-6-11-16-21-26-31-36-39-42-45-50-53-58-63-68-73-82(102)78-86(103)99-91-95(119-89(106)76-71-66-61-55-48-34-29-24-19-14-9-4)93(108)85(118-98(91)122-124(112,113)114)81-115-97-92(96(94(84(80-101)117-97)121-123(109,110)111)120-90(107)77-72-67-62-56-49-35-30-25-20-15-10-5)100-87(104)79-83(74-69-64-59-54-51-46-43-40-37-32-27-22-17-12-7-2)116-88(105)75-70-65-60-57-52-47-44-41-38-33-28-23-18-13-8-3/h82-85,91-98,101-102,108H,6-81H2,1-5H3,(H,99,103)(H,100,104)(H2,109,110,111)(H2,112,113,114)/p-2/t82-,83-,84-,85-,91-,92-,93-,94-,95-,96-,97-,98-/m1/s1. The average Bonchev–Trinajstić information content (AvgIpc) is 0.772. The van der Waals surface area contributed by atoms with E-state index in [0.717, 1.165) is 154 Å². The second-order valence-electron chi connectivity index (χ2n) is 36.7. The molecular weight excluding hydrogens is 1620 g/mol. The van der Waals surface area contributed by atoms with E-state index in [2.05, 4.69) is 45.3 Å². The third-order valence-corrected chi connectivity index (χ3v) is 25.9. The zero-order valence-electron chi connectivity index (χ0n) is 79.2. The van der Waals surface area contributed by atoms with Crippen LogP contribution in [0.25, 0.3) is 0 Å². The molecule has 14 atom stereocenters. The van der Waals surface area contributed by atoms with E-state index in [1.54, 1.807) is 0 Å². The Morgan fingerprint density at radius 3 is 0.944 bits per heavy atom. The summed E-state index contributed by atoms with van der Waals surface area (Å²) in [6.07, 6.45) is 54.8. The van der Waals surface area contributed by atoms with Gasteiger partial charge in [-0.25, -0.2) is 0 Å². The first-order valence-corrected chi connectivity index (χ1v) is 54.6. The molecule has 2 amide bonds. The van der Waals surface area contributed by atoms with Crippen molar-refractivity contribution in [3.63, 3.8) is 0 Å². The Morgan fingerprint density at radius 2 is 0.621 bits per heavy atom. The number of hydrogen-bond donors (Lipinski definition) is 7. The van der Waals surface area contributed by atoms with Crippen molar-refractivity contribution >= 4 is 45.4 Å². The molecule has 26 heteroatoms. The van der Waals surface area contributed by atoms with Gasteiger partial charge in [-0.15, -0.1) is 0 Å². The molecule has 2 rings (SSSR count). The van der Waals surface area contributed by atoms with Crippen molar-refractivity contribution in [1.29, 1.82) is 0 Å². The molecule has 0 aromatic rings. The van der Waals surface area contributed by atoms with E-state index in [-0.39, 0.29) is 25.7 Å². The van der Waals surface area contributed by atoms with Crippen LogP contribution in [0.15, 0.2) is 0 Å². The zero-order chi connectivity index (χ0) is 90.6. The highest BCUT2D eigenvalue weighted by atomic mass is 31.2. The van der Waals surface area contributed by atoms with Gasteiger partial charge in [-0.2, -0.15) is 0 Å². The monoisotopic (exact) mass is 1810 g/mol. The second-order valence-corrected chi connectivity index (χ2v) is 39.0. The normalized spacial score (nSPS) is 20.6. The molecule has 124 heavy (non-hydrogen) atoms. The molecule has 7 N–H and O–H groups in total. The number of ether oxygens (including phenoxy) is 6. The predicted octanol–water partition coefficient (Wildman–Crippen LogP) is 23.2. The van der Waals surface area contributed by atoms with Crippen LogP contribution in [-0.2, 0) is 70.6 Å².